The summed E-state index contributed by atoms with van der Waals surface area (Å²) in [5.74, 6) is 0.138. The first-order chi connectivity index (χ1) is 15.9. The minimum atomic E-state index is -2.77. The Morgan fingerprint density at radius 2 is 2.03 bits per heavy atom. The van der Waals surface area contributed by atoms with Crippen LogP contribution in [0.5, 0.6) is 0 Å². The monoisotopic (exact) mass is 458 g/mol. The van der Waals surface area contributed by atoms with Crippen molar-refractivity contribution in [1.29, 1.82) is 0 Å². The summed E-state index contributed by atoms with van der Waals surface area (Å²) < 4.78 is 27.3. The maximum absolute atomic E-state index is 13.7. The number of hydrogen-bond donors (Lipinski definition) is 2. The van der Waals surface area contributed by atoms with Crippen molar-refractivity contribution >= 4 is 17.2 Å². The number of aryl methyl sites for hydroxylation is 1. The molecule has 2 N–H and O–H groups in total. The van der Waals surface area contributed by atoms with Gasteiger partial charge in [0, 0.05) is 51.0 Å². The number of allylic oxidation sites excluding steroid dienone is 1. The second-order valence-electron chi connectivity index (χ2n) is 8.24. The van der Waals surface area contributed by atoms with Crippen LogP contribution in [-0.4, -0.2) is 65.0 Å². The molecule has 0 aromatic carbocycles. The van der Waals surface area contributed by atoms with Gasteiger partial charge in [-0.1, -0.05) is 13.0 Å². The number of pyridine rings is 1. The molecule has 10 heteroatoms. The lowest BCUT2D eigenvalue weighted by molar-refractivity contribution is 0.0956. The molecule has 1 fully saturated rings. The van der Waals surface area contributed by atoms with Crippen molar-refractivity contribution in [3.8, 4) is 0 Å². The second-order valence-corrected chi connectivity index (χ2v) is 8.24. The Morgan fingerprint density at radius 3 is 2.67 bits per heavy atom. The average Bonchev–Trinajstić information content (AvgIpc) is 3.33. The number of anilines is 1. The number of aromatic nitrogens is 3. The third-order valence-electron chi connectivity index (χ3n) is 6.35. The van der Waals surface area contributed by atoms with E-state index in [1.165, 1.54) is 13.1 Å². The van der Waals surface area contributed by atoms with Gasteiger partial charge in [-0.15, -0.1) is 0 Å². The topological polar surface area (TPSA) is 94.2 Å². The zero-order chi connectivity index (χ0) is 23.5. The minimum absolute atomic E-state index is 0.0163. The molecule has 8 nitrogen and oxygen atoms in total. The average molecular weight is 459 g/mol. The maximum Gasteiger partial charge on any atom is 0.282 e. The number of halogens is 2. The first-order valence-corrected chi connectivity index (χ1v) is 11.2. The molecule has 4 rings (SSSR count). The Kier molecular flexibility index (Phi) is 6.83. The van der Waals surface area contributed by atoms with Gasteiger partial charge >= 0.3 is 0 Å². The van der Waals surface area contributed by atoms with Crippen LogP contribution in [0.15, 0.2) is 29.2 Å². The molecule has 2 aromatic rings. The van der Waals surface area contributed by atoms with Gasteiger partial charge in [-0.2, -0.15) is 0 Å². The lowest BCUT2D eigenvalue weighted by Crippen LogP contribution is -2.49. The molecule has 0 saturated carbocycles. The number of nitrogens with one attached hydrogen (secondary N) is 2. The number of carbonyl (C=O) groups is 1. The standard InChI is InChI=1S/C23H28F2N6O2/c1-3-14-13-27-21(29-22(14)32)15-4-5-16(12-15)30-8-10-31(11-9-30)18-7-6-17(23(33)26-2)28-19(18)20(24)25/h6-7,12-13,16,20H,3-5,8-11H2,1-2H3,(H,26,33)(H,27,29,32). The van der Waals surface area contributed by atoms with Crippen LogP contribution in [0.2, 0.25) is 0 Å². The molecule has 3 heterocycles. The summed E-state index contributed by atoms with van der Waals surface area (Å²) in [4.78, 5) is 39.3. The quantitative estimate of drug-likeness (QED) is 0.691. The van der Waals surface area contributed by atoms with E-state index in [-0.39, 0.29) is 23.0 Å². The number of aromatic amines is 1. The van der Waals surface area contributed by atoms with Crippen molar-refractivity contribution in [1.82, 2.24) is 25.2 Å². The van der Waals surface area contributed by atoms with E-state index in [4.69, 9.17) is 0 Å². The third-order valence-corrected chi connectivity index (χ3v) is 6.35. The summed E-state index contributed by atoms with van der Waals surface area (Å²) >= 11 is 0. The number of alkyl halides is 2. The van der Waals surface area contributed by atoms with E-state index < -0.39 is 12.3 Å². The lowest BCUT2D eigenvalue weighted by atomic mass is 10.1. The normalized spacial score (nSPS) is 19.1. The number of amides is 1. The van der Waals surface area contributed by atoms with Gasteiger partial charge in [-0.3, -0.25) is 14.5 Å². The van der Waals surface area contributed by atoms with Gasteiger partial charge in [-0.05, 0) is 37.0 Å². The van der Waals surface area contributed by atoms with Crippen LogP contribution >= 0.6 is 0 Å². The van der Waals surface area contributed by atoms with E-state index in [0.717, 1.165) is 18.4 Å². The van der Waals surface area contributed by atoms with E-state index in [0.29, 0.717) is 49.7 Å². The fourth-order valence-corrected chi connectivity index (χ4v) is 4.47. The van der Waals surface area contributed by atoms with Crippen molar-refractivity contribution < 1.29 is 13.6 Å². The first-order valence-electron chi connectivity index (χ1n) is 11.2. The number of hydrogen-bond acceptors (Lipinski definition) is 6. The van der Waals surface area contributed by atoms with E-state index in [1.807, 2.05) is 11.8 Å². The minimum Gasteiger partial charge on any atom is -0.367 e. The molecule has 1 saturated heterocycles. The first kappa shape index (κ1) is 23.0. The Labute approximate surface area is 190 Å². The molecule has 33 heavy (non-hydrogen) atoms. The van der Waals surface area contributed by atoms with E-state index in [2.05, 4.69) is 31.2 Å². The summed E-state index contributed by atoms with van der Waals surface area (Å²) in [7, 11) is 1.44. The fraction of sp³-hybridized carbons (Fsp3) is 0.478. The van der Waals surface area contributed by atoms with Crippen LogP contribution in [0.25, 0.3) is 5.57 Å². The van der Waals surface area contributed by atoms with Gasteiger partial charge in [0.25, 0.3) is 17.9 Å². The summed E-state index contributed by atoms with van der Waals surface area (Å²) in [6, 6.07) is 3.27. The maximum atomic E-state index is 13.7. The summed E-state index contributed by atoms with van der Waals surface area (Å²) in [5, 5.41) is 2.41. The molecule has 176 valence electrons. The predicted octanol–water partition coefficient (Wildman–Crippen LogP) is 2.39. The van der Waals surface area contributed by atoms with E-state index in [9.17, 15) is 18.4 Å². The van der Waals surface area contributed by atoms with Gasteiger partial charge in [0.15, 0.2) is 0 Å². The van der Waals surface area contributed by atoms with Gasteiger partial charge in [-0.25, -0.2) is 18.7 Å². The second kappa shape index (κ2) is 9.78. The van der Waals surface area contributed by atoms with Gasteiger partial charge < -0.3 is 15.2 Å². The number of piperazine rings is 1. The third kappa shape index (κ3) is 4.80. The van der Waals surface area contributed by atoms with Crippen molar-refractivity contribution in [2.24, 2.45) is 0 Å². The summed E-state index contributed by atoms with van der Waals surface area (Å²) in [6.07, 6.45) is 3.44. The Hall–Kier alpha value is -3.14. The molecule has 2 aromatic heterocycles. The van der Waals surface area contributed by atoms with Crippen LogP contribution in [-0.2, 0) is 6.42 Å². The van der Waals surface area contributed by atoms with Gasteiger partial charge in [0.1, 0.15) is 17.2 Å². The largest absolute Gasteiger partial charge is 0.367 e. The molecule has 1 unspecified atom stereocenters. The van der Waals surface area contributed by atoms with Crippen LogP contribution in [0, 0.1) is 0 Å². The Balaban J connectivity index is 1.44. The zero-order valence-electron chi connectivity index (χ0n) is 18.8. The SMILES string of the molecule is CCc1cnc(C2=CC(N3CCN(c4ccc(C(=O)NC)nc4C(F)F)CC3)CC2)[nH]c1=O. The van der Waals surface area contributed by atoms with Crippen LogP contribution in [0.1, 0.15) is 53.8 Å². The molecule has 0 spiro atoms. The van der Waals surface area contributed by atoms with Crippen molar-refractivity contribution in [3.63, 3.8) is 0 Å². The van der Waals surface area contributed by atoms with E-state index in [1.54, 1.807) is 12.3 Å². The van der Waals surface area contributed by atoms with Crippen molar-refractivity contribution in [2.75, 3.05) is 38.1 Å². The van der Waals surface area contributed by atoms with Crippen molar-refractivity contribution in [2.45, 2.75) is 38.7 Å². The van der Waals surface area contributed by atoms with Crippen LogP contribution < -0.4 is 15.8 Å². The molecule has 0 radical (unpaired) electrons. The molecular weight excluding hydrogens is 430 g/mol. The highest BCUT2D eigenvalue weighted by Gasteiger charge is 2.29. The lowest BCUT2D eigenvalue weighted by Gasteiger charge is -2.39. The number of carbonyl (C=O) groups excluding carboxylic acids is 1. The highest BCUT2D eigenvalue weighted by atomic mass is 19.3. The van der Waals surface area contributed by atoms with Crippen LogP contribution in [0.4, 0.5) is 14.5 Å². The zero-order valence-corrected chi connectivity index (χ0v) is 18.8. The van der Waals surface area contributed by atoms with Crippen molar-refractivity contribution in [3.05, 3.63) is 57.5 Å². The summed E-state index contributed by atoms with van der Waals surface area (Å²) in [6.45, 7) is 4.52. The molecule has 1 aliphatic carbocycles. The molecule has 0 bridgehead atoms. The molecule has 1 amide bonds. The number of nitrogens with zero attached hydrogens (tertiary/aromatic N) is 4. The number of H-pyrrole nitrogens is 1. The smallest absolute Gasteiger partial charge is 0.282 e. The molecule has 2 aliphatic rings. The highest BCUT2D eigenvalue weighted by molar-refractivity contribution is 5.92. The Bertz CT molecular complexity index is 1110. The predicted molar refractivity (Wildman–Crippen MR) is 122 cm³/mol. The van der Waals surface area contributed by atoms with Crippen LogP contribution in [0.3, 0.4) is 0 Å². The molecule has 1 aliphatic heterocycles. The number of rotatable bonds is 6. The summed E-state index contributed by atoms with van der Waals surface area (Å²) in [5.41, 5.74) is 1.61. The molecular formula is C23H28F2N6O2. The highest BCUT2D eigenvalue weighted by Crippen LogP contribution is 2.32. The van der Waals surface area contributed by atoms with Gasteiger partial charge in [0.2, 0.25) is 0 Å². The fourth-order valence-electron chi connectivity index (χ4n) is 4.47. The van der Waals surface area contributed by atoms with Gasteiger partial charge in [0.05, 0.1) is 5.69 Å². The van der Waals surface area contributed by atoms with E-state index >= 15 is 0 Å². The Morgan fingerprint density at radius 1 is 1.27 bits per heavy atom. The molecule has 1 atom stereocenters.